The van der Waals surface area contributed by atoms with Crippen LogP contribution in [0, 0.1) is 11.7 Å². The third-order valence-corrected chi connectivity index (χ3v) is 3.88. The highest BCUT2D eigenvalue weighted by Gasteiger charge is 2.18. The van der Waals surface area contributed by atoms with Crippen molar-refractivity contribution < 1.29 is 0 Å². The fourth-order valence-electron chi connectivity index (χ4n) is 1.78. The highest BCUT2D eigenvalue weighted by Crippen LogP contribution is 2.33. The van der Waals surface area contributed by atoms with Gasteiger partial charge < -0.3 is 0 Å². The molecule has 0 saturated heterocycles. The van der Waals surface area contributed by atoms with Crippen molar-refractivity contribution in [1.29, 1.82) is 0 Å². The highest BCUT2D eigenvalue weighted by atomic mass is 32.1. The van der Waals surface area contributed by atoms with Gasteiger partial charge in [0, 0.05) is 6.54 Å². The summed E-state index contributed by atoms with van der Waals surface area (Å²) in [7, 11) is 0. The van der Waals surface area contributed by atoms with Gasteiger partial charge in [-0.2, -0.15) is 5.10 Å². The number of aromatic amines is 1. The maximum absolute atomic E-state index is 5.22. The molecule has 1 N–H and O–H groups in total. The Morgan fingerprint density at radius 3 is 2.76 bits per heavy atom. The first kappa shape index (κ1) is 12.4. The van der Waals surface area contributed by atoms with Gasteiger partial charge in [-0.3, -0.25) is 9.67 Å². The van der Waals surface area contributed by atoms with Gasteiger partial charge in [0.25, 0.3) is 0 Å². The van der Waals surface area contributed by atoms with Gasteiger partial charge in [-0.1, -0.05) is 13.8 Å². The minimum atomic E-state index is 0.394. The van der Waals surface area contributed by atoms with E-state index in [4.69, 9.17) is 12.2 Å². The second-order valence-electron chi connectivity index (χ2n) is 4.20. The molecule has 0 fully saturated rings. The van der Waals surface area contributed by atoms with E-state index in [-0.39, 0.29) is 0 Å². The van der Waals surface area contributed by atoms with Gasteiger partial charge in [0.1, 0.15) is 0 Å². The van der Waals surface area contributed by atoms with Crippen LogP contribution in [0.15, 0.2) is 0 Å². The van der Waals surface area contributed by atoms with Crippen LogP contribution in [0.5, 0.6) is 0 Å². The highest BCUT2D eigenvalue weighted by molar-refractivity contribution is 7.71. The van der Waals surface area contributed by atoms with Crippen molar-refractivity contribution >= 4 is 23.6 Å². The van der Waals surface area contributed by atoms with Crippen LogP contribution in [0.1, 0.15) is 37.4 Å². The lowest BCUT2D eigenvalue weighted by Crippen LogP contribution is -1.99. The molecule has 2 rings (SSSR count). The fraction of sp³-hybridized carbons (Fsp3) is 0.545. The zero-order chi connectivity index (χ0) is 12.6. The summed E-state index contributed by atoms with van der Waals surface area (Å²) in [6.07, 6.45) is 0. The van der Waals surface area contributed by atoms with Crippen LogP contribution in [-0.2, 0) is 6.54 Å². The summed E-state index contributed by atoms with van der Waals surface area (Å²) in [5, 5.41) is 8.26. The number of aryl methyl sites for hydroxylation is 1. The second-order valence-corrected chi connectivity index (χ2v) is 5.79. The molecule has 0 bridgehead atoms. The van der Waals surface area contributed by atoms with Gasteiger partial charge in [-0.05, 0) is 32.0 Å². The van der Waals surface area contributed by atoms with Gasteiger partial charge >= 0.3 is 0 Å². The van der Waals surface area contributed by atoms with Crippen LogP contribution in [-0.4, -0.2) is 19.7 Å². The number of hydrogen-bond donors (Lipinski definition) is 1. The van der Waals surface area contributed by atoms with E-state index in [0.717, 1.165) is 27.9 Å². The molecule has 2 aromatic rings. The molecule has 4 nitrogen and oxygen atoms in total. The smallest absolute Gasteiger partial charge is 0.195 e. The zero-order valence-electron chi connectivity index (χ0n) is 10.4. The summed E-state index contributed by atoms with van der Waals surface area (Å²) in [6.45, 7) is 9.21. The predicted octanol–water partition coefficient (Wildman–Crippen LogP) is 3.52. The maximum atomic E-state index is 5.22. The lowest BCUT2D eigenvalue weighted by molar-refractivity contribution is 0.752. The summed E-state index contributed by atoms with van der Waals surface area (Å²) in [6, 6.07) is 0. The molecule has 6 heteroatoms. The van der Waals surface area contributed by atoms with Gasteiger partial charge in [0.05, 0.1) is 15.6 Å². The molecule has 0 saturated carbocycles. The first-order chi connectivity index (χ1) is 8.04. The van der Waals surface area contributed by atoms with E-state index in [9.17, 15) is 0 Å². The van der Waals surface area contributed by atoms with Crippen molar-refractivity contribution in [3.63, 3.8) is 0 Å². The summed E-state index contributed by atoms with van der Waals surface area (Å²) in [5.41, 5.74) is 1.11. The minimum absolute atomic E-state index is 0.394. The summed E-state index contributed by atoms with van der Waals surface area (Å²) < 4.78 is 2.68. The van der Waals surface area contributed by atoms with Crippen molar-refractivity contribution in [2.75, 3.05) is 0 Å². The van der Waals surface area contributed by atoms with E-state index in [0.29, 0.717) is 10.7 Å². The molecule has 0 radical (unpaired) electrons. The van der Waals surface area contributed by atoms with E-state index >= 15 is 0 Å². The Morgan fingerprint density at radius 1 is 1.47 bits per heavy atom. The van der Waals surface area contributed by atoms with Crippen LogP contribution in [0.25, 0.3) is 10.7 Å². The molecule has 0 spiro atoms. The van der Waals surface area contributed by atoms with E-state index in [1.165, 1.54) is 0 Å². The molecule has 17 heavy (non-hydrogen) atoms. The molecular weight excluding hydrogens is 252 g/mol. The summed E-state index contributed by atoms with van der Waals surface area (Å²) in [4.78, 5) is 5.72. The third kappa shape index (κ3) is 2.19. The topological polar surface area (TPSA) is 46.5 Å². The van der Waals surface area contributed by atoms with Crippen LogP contribution in [0.4, 0.5) is 0 Å². The molecule has 0 aromatic carbocycles. The van der Waals surface area contributed by atoms with E-state index in [1.807, 2.05) is 11.5 Å². The van der Waals surface area contributed by atoms with Crippen molar-refractivity contribution in [1.82, 2.24) is 19.7 Å². The lowest BCUT2D eigenvalue weighted by Gasteiger charge is -2.05. The number of nitrogens with one attached hydrogen (secondary N) is 1. The van der Waals surface area contributed by atoms with Gasteiger partial charge in [-0.15, -0.1) is 11.3 Å². The first-order valence-corrected chi connectivity index (χ1v) is 6.90. The third-order valence-electron chi connectivity index (χ3n) is 2.58. The number of rotatable bonds is 3. The number of aromatic nitrogens is 4. The second kappa shape index (κ2) is 4.70. The SMILES string of the molecule is CCn1c(-c2sc(C)nc2C(C)C)n[nH]c1=S. The molecule has 2 aromatic heterocycles. The molecule has 0 amide bonds. The lowest BCUT2D eigenvalue weighted by atomic mass is 10.1. The van der Waals surface area contributed by atoms with E-state index < -0.39 is 0 Å². The minimum Gasteiger partial charge on any atom is -0.300 e. The average molecular weight is 268 g/mol. The Labute approximate surface area is 110 Å². The Hall–Kier alpha value is -1.01. The van der Waals surface area contributed by atoms with Gasteiger partial charge in [-0.25, -0.2) is 4.98 Å². The van der Waals surface area contributed by atoms with Gasteiger partial charge in [0.15, 0.2) is 10.6 Å². The Kier molecular flexibility index (Phi) is 3.44. The Morgan fingerprint density at radius 2 is 2.18 bits per heavy atom. The number of H-pyrrole nitrogens is 1. The maximum Gasteiger partial charge on any atom is 0.195 e. The molecule has 0 aliphatic carbocycles. The summed E-state index contributed by atoms with van der Waals surface area (Å²) in [5.74, 6) is 1.30. The van der Waals surface area contributed by atoms with Crippen LogP contribution < -0.4 is 0 Å². The summed E-state index contributed by atoms with van der Waals surface area (Å²) >= 11 is 6.89. The van der Waals surface area contributed by atoms with Crippen molar-refractivity contribution in [2.45, 2.75) is 40.2 Å². The number of hydrogen-bond acceptors (Lipinski definition) is 4. The zero-order valence-corrected chi connectivity index (χ0v) is 12.1. The fourth-order valence-corrected chi connectivity index (χ4v) is 3.11. The molecule has 92 valence electrons. The quantitative estimate of drug-likeness (QED) is 0.866. The molecule has 0 aliphatic heterocycles. The van der Waals surface area contributed by atoms with Crippen LogP contribution in [0.2, 0.25) is 0 Å². The Bertz CT molecular complexity index is 577. The molecule has 0 unspecified atom stereocenters. The molecular formula is C11H16N4S2. The number of thiazole rings is 1. The number of nitrogens with zero attached hydrogens (tertiary/aromatic N) is 3. The molecule has 0 atom stereocenters. The van der Waals surface area contributed by atoms with Crippen molar-refractivity contribution in [3.8, 4) is 10.7 Å². The van der Waals surface area contributed by atoms with E-state index in [1.54, 1.807) is 11.3 Å². The first-order valence-electron chi connectivity index (χ1n) is 5.67. The van der Waals surface area contributed by atoms with Crippen LogP contribution >= 0.6 is 23.6 Å². The molecule has 2 heterocycles. The van der Waals surface area contributed by atoms with Crippen LogP contribution in [0.3, 0.4) is 0 Å². The van der Waals surface area contributed by atoms with Crippen molar-refractivity contribution in [3.05, 3.63) is 15.5 Å². The van der Waals surface area contributed by atoms with Crippen molar-refractivity contribution in [2.24, 2.45) is 0 Å². The normalized spacial score (nSPS) is 11.4. The molecule has 0 aliphatic rings. The van der Waals surface area contributed by atoms with E-state index in [2.05, 4.69) is 36.0 Å². The largest absolute Gasteiger partial charge is 0.300 e. The predicted molar refractivity (Wildman–Crippen MR) is 73.0 cm³/mol. The van der Waals surface area contributed by atoms with Gasteiger partial charge in [0.2, 0.25) is 0 Å². The standard InChI is InChI=1S/C11H16N4S2/c1-5-15-10(13-14-11(15)16)9-8(6(2)3)12-7(4)17-9/h6H,5H2,1-4H3,(H,14,16). The monoisotopic (exact) mass is 268 g/mol. The average Bonchev–Trinajstić information content (AvgIpc) is 2.81. The Balaban J connectivity index is 2.63.